The van der Waals surface area contributed by atoms with E-state index in [0.29, 0.717) is 0 Å². The Morgan fingerprint density at radius 2 is 1.84 bits per heavy atom. The average Bonchev–Trinajstić information content (AvgIpc) is 2.38. The van der Waals surface area contributed by atoms with Gasteiger partial charge < -0.3 is 4.90 Å². The van der Waals surface area contributed by atoms with E-state index < -0.39 is 10.0 Å². The lowest BCUT2D eigenvalue weighted by atomic mass is 10.1. The lowest BCUT2D eigenvalue weighted by Crippen LogP contribution is -2.46. The molecule has 1 heterocycles. The fourth-order valence-corrected chi connectivity index (χ4v) is 4.50. The number of hydrogen-bond donors (Lipinski definition) is 0. The zero-order valence-electron chi connectivity index (χ0n) is 12.9. The first kappa shape index (κ1) is 16.9. The van der Waals surface area contributed by atoms with Gasteiger partial charge in [-0.25, -0.2) is 12.7 Å². The third kappa shape index (κ3) is 5.04. The largest absolute Gasteiger partial charge is 0.303 e. The molecule has 1 atom stereocenters. The highest BCUT2D eigenvalue weighted by molar-refractivity contribution is 7.89. The van der Waals surface area contributed by atoms with Crippen molar-refractivity contribution >= 4 is 10.0 Å². The summed E-state index contributed by atoms with van der Waals surface area (Å²) in [7, 11) is -1.32. The minimum atomic E-state index is -3.09. The van der Waals surface area contributed by atoms with Crippen LogP contribution in [-0.4, -0.2) is 56.1 Å². The van der Waals surface area contributed by atoms with Crippen molar-refractivity contribution in [1.82, 2.24) is 9.21 Å². The van der Waals surface area contributed by atoms with E-state index in [2.05, 4.69) is 11.8 Å². The number of piperidine rings is 1. The molecule has 0 saturated carbocycles. The molecule has 1 saturated heterocycles. The van der Waals surface area contributed by atoms with Crippen LogP contribution in [0, 0.1) is 5.92 Å². The van der Waals surface area contributed by atoms with Crippen molar-refractivity contribution in [3.63, 3.8) is 0 Å². The second kappa shape index (κ2) is 7.60. The van der Waals surface area contributed by atoms with Crippen molar-refractivity contribution in [1.29, 1.82) is 0 Å². The number of hydrogen-bond acceptors (Lipinski definition) is 3. The number of rotatable bonds is 7. The zero-order chi connectivity index (χ0) is 14.5. The Balaban J connectivity index is 2.52. The molecule has 1 aliphatic rings. The second-order valence-electron chi connectivity index (χ2n) is 5.88. The van der Waals surface area contributed by atoms with Crippen molar-refractivity contribution in [2.75, 3.05) is 32.4 Å². The van der Waals surface area contributed by atoms with E-state index in [-0.39, 0.29) is 17.7 Å². The van der Waals surface area contributed by atoms with Crippen molar-refractivity contribution < 1.29 is 8.42 Å². The van der Waals surface area contributed by atoms with Gasteiger partial charge in [-0.1, -0.05) is 27.2 Å². The molecule has 0 aromatic rings. The number of nitrogens with zero attached hydrogens (tertiary/aromatic N) is 2. The van der Waals surface area contributed by atoms with Crippen molar-refractivity contribution in [2.24, 2.45) is 5.92 Å². The standard InChI is InChI=1S/C14H30N2O2S/c1-5-9-16-10-7-14(8-11-16)15(4)19(17,18)12-13(3)6-2/h13-14H,5-12H2,1-4H3. The number of sulfonamides is 1. The van der Waals surface area contributed by atoms with E-state index in [1.807, 2.05) is 13.8 Å². The Kier molecular flexibility index (Phi) is 6.77. The molecule has 114 valence electrons. The molecule has 0 aliphatic carbocycles. The van der Waals surface area contributed by atoms with Gasteiger partial charge in [-0.05, 0) is 44.8 Å². The molecule has 0 spiro atoms. The van der Waals surface area contributed by atoms with Gasteiger partial charge >= 0.3 is 0 Å². The van der Waals surface area contributed by atoms with Crippen LogP contribution in [0.3, 0.4) is 0 Å². The molecule has 0 radical (unpaired) electrons. The molecule has 0 bridgehead atoms. The van der Waals surface area contributed by atoms with Gasteiger partial charge in [-0.15, -0.1) is 0 Å². The third-order valence-corrected chi connectivity index (χ3v) is 6.41. The first-order valence-corrected chi connectivity index (χ1v) is 9.19. The van der Waals surface area contributed by atoms with Crippen LogP contribution >= 0.6 is 0 Å². The summed E-state index contributed by atoms with van der Waals surface area (Å²) in [5, 5.41) is 0. The van der Waals surface area contributed by atoms with Crippen LogP contribution in [0.15, 0.2) is 0 Å². The molecular formula is C14H30N2O2S. The Morgan fingerprint density at radius 1 is 1.26 bits per heavy atom. The molecule has 4 nitrogen and oxygen atoms in total. The fraction of sp³-hybridized carbons (Fsp3) is 1.00. The maximum Gasteiger partial charge on any atom is 0.214 e. The van der Waals surface area contributed by atoms with E-state index in [9.17, 15) is 8.42 Å². The minimum Gasteiger partial charge on any atom is -0.303 e. The van der Waals surface area contributed by atoms with E-state index in [1.54, 1.807) is 11.4 Å². The van der Waals surface area contributed by atoms with Gasteiger partial charge in [-0.3, -0.25) is 0 Å². The van der Waals surface area contributed by atoms with E-state index in [1.165, 1.54) is 6.42 Å². The predicted molar refractivity (Wildman–Crippen MR) is 80.8 cm³/mol. The molecule has 0 N–H and O–H groups in total. The van der Waals surface area contributed by atoms with E-state index in [4.69, 9.17) is 0 Å². The van der Waals surface area contributed by atoms with Crippen LogP contribution in [-0.2, 0) is 10.0 Å². The molecular weight excluding hydrogens is 260 g/mol. The van der Waals surface area contributed by atoms with Gasteiger partial charge in [0.25, 0.3) is 0 Å². The van der Waals surface area contributed by atoms with Crippen LogP contribution in [0.25, 0.3) is 0 Å². The quantitative estimate of drug-likeness (QED) is 0.721. The second-order valence-corrected chi connectivity index (χ2v) is 7.95. The Morgan fingerprint density at radius 3 is 2.32 bits per heavy atom. The highest BCUT2D eigenvalue weighted by Crippen LogP contribution is 2.20. The average molecular weight is 290 g/mol. The maximum atomic E-state index is 12.3. The summed E-state index contributed by atoms with van der Waals surface area (Å²) in [5.41, 5.74) is 0. The Hall–Kier alpha value is -0.130. The first-order chi connectivity index (χ1) is 8.90. The van der Waals surface area contributed by atoms with Crippen LogP contribution in [0.5, 0.6) is 0 Å². The smallest absolute Gasteiger partial charge is 0.214 e. The van der Waals surface area contributed by atoms with Crippen LogP contribution in [0.1, 0.15) is 46.5 Å². The minimum absolute atomic E-state index is 0.196. The Bertz CT molecular complexity index is 348. The number of likely N-dealkylation sites (tertiary alicyclic amines) is 1. The molecule has 0 aromatic heterocycles. The maximum absolute atomic E-state index is 12.3. The van der Waals surface area contributed by atoms with Gasteiger partial charge in [0, 0.05) is 13.1 Å². The van der Waals surface area contributed by atoms with Gasteiger partial charge in [0.15, 0.2) is 0 Å². The van der Waals surface area contributed by atoms with Gasteiger partial charge in [0.2, 0.25) is 10.0 Å². The molecule has 1 rings (SSSR count). The van der Waals surface area contributed by atoms with Crippen LogP contribution in [0.4, 0.5) is 0 Å². The van der Waals surface area contributed by atoms with E-state index >= 15 is 0 Å². The van der Waals surface area contributed by atoms with Gasteiger partial charge in [-0.2, -0.15) is 0 Å². The normalized spacial score (nSPS) is 20.9. The Labute approximate surface area is 119 Å². The molecule has 5 heteroatoms. The SMILES string of the molecule is CCCN1CCC(N(C)S(=O)(=O)CC(C)CC)CC1. The topological polar surface area (TPSA) is 40.6 Å². The van der Waals surface area contributed by atoms with Gasteiger partial charge in [0.1, 0.15) is 0 Å². The van der Waals surface area contributed by atoms with Crippen molar-refractivity contribution in [3.8, 4) is 0 Å². The molecule has 1 fully saturated rings. The van der Waals surface area contributed by atoms with Crippen LogP contribution < -0.4 is 0 Å². The predicted octanol–water partition coefficient (Wildman–Crippen LogP) is 2.17. The third-order valence-electron chi connectivity index (χ3n) is 4.24. The summed E-state index contributed by atoms with van der Waals surface area (Å²) >= 11 is 0. The molecule has 0 amide bonds. The summed E-state index contributed by atoms with van der Waals surface area (Å²) in [4.78, 5) is 2.44. The van der Waals surface area contributed by atoms with Gasteiger partial charge in [0.05, 0.1) is 5.75 Å². The molecule has 0 aromatic carbocycles. The highest BCUT2D eigenvalue weighted by atomic mass is 32.2. The van der Waals surface area contributed by atoms with Crippen molar-refractivity contribution in [2.45, 2.75) is 52.5 Å². The highest BCUT2D eigenvalue weighted by Gasteiger charge is 2.30. The molecule has 1 unspecified atom stereocenters. The summed E-state index contributed by atoms with van der Waals surface area (Å²) < 4.78 is 26.3. The summed E-state index contributed by atoms with van der Waals surface area (Å²) in [6.45, 7) is 9.44. The van der Waals surface area contributed by atoms with Crippen LogP contribution in [0.2, 0.25) is 0 Å². The van der Waals surface area contributed by atoms with Crippen molar-refractivity contribution in [3.05, 3.63) is 0 Å². The summed E-state index contributed by atoms with van der Waals surface area (Å²) in [6, 6.07) is 0.196. The first-order valence-electron chi connectivity index (χ1n) is 7.58. The summed E-state index contributed by atoms with van der Waals surface area (Å²) in [6.07, 6.45) is 4.03. The summed E-state index contributed by atoms with van der Waals surface area (Å²) in [5.74, 6) is 0.530. The lowest BCUT2D eigenvalue weighted by Gasteiger charge is -2.36. The molecule has 1 aliphatic heterocycles. The molecule has 19 heavy (non-hydrogen) atoms. The van der Waals surface area contributed by atoms with E-state index in [0.717, 1.165) is 38.9 Å². The fourth-order valence-electron chi connectivity index (χ4n) is 2.64. The zero-order valence-corrected chi connectivity index (χ0v) is 13.7. The monoisotopic (exact) mass is 290 g/mol. The lowest BCUT2D eigenvalue weighted by molar-refractivity contribution is 0.170.